The van der Waals surface area contributed by atoms with Crippen LogP contribution in [0.1, 0.15) is 71.3 Å². The number of rotatable bonds is 4. The Morgan fingerprint density at radius 1 is 1.08 bits per heavy atom. The molecule has 0 saturated heterocycles. The van der Waals surface area contributed by atoms with Crippen molar-refractivity contribution in [3.05, 3.63) is 53.6 Å². The van der Waals surface area contributed by atoms with Crippen LogP contribution in [0.25, 0.3) is 6.08 Å². The summed E-state index contributed by atoms with van der Waals surface area (Å²) in [7, 11) is 0. The fraction of sp³-hybridized carbons (Fsp3) is 0.633. The van der Waals surface area contributed by atoms with Crippen molar-refractivity contribution in [1.82, 2.24) is 0 Å². The van der Waals surface area contributed by atoms with Gasteiger partial charge in [-0.1, -0.05) is 55.8 Å². The molecule has 0 heterocycles. The third kappa shape index (κ3) is 3.54. The Morgan fingerprint density at radius 3 is 2.49 bits per heavy atom. The Hall–Kier alpha value is -2.03. The fourth-order valence-electron chi connectivity index (χ4n) is 8.39. The molecule has 202 valence electrons. The maximum atomic E-state index is 12.6. The van der Waals surface area contributed by atoms with E-state index in [0.717, 1.165) is 11.1 Å². The lowest BCUT2D eigenvalue weighted by Crippen LogP contribution is -2.78. The van der Waals surface area contributed by atoms with Crippen LogP contribution in [0.5, 0.6) is 0 Å². The van der Waals surface area contributed by atoms with Crippen LogP contribution < -0.4 is 0 Å². The average Bonchev–Trinajstić information content (AvgIpc) is 3.10. The first-order valence-corrected chi connectivity index (χ1v) is 13.5. The van der Waals surface area contributed by atoms with Crippen LogP contribution in [-0.4, -0.2) is 66.6 Å². The zero-order valence-corrected chi connectivity index (χ0v) is 21.9. The molecule has 9 atom stereocenters. The second kappa shape index (κ2) is 8.75. The average molecular weight is 513 g/mol. The van der Waals surface area contributed by atoms with Crippen molar-refractivity contribution in [3.8, 4) is 0 Å². The summed E-state index contributed by atoms with van der Waals surface area (Å²) in [5.74, 6) is -1.07. The van der Waals surface area contributed by atoms with Gasteiger partial charge in [0.25, 0.3) is 0 Å². The molecule has 5 rings (SSSR count). The van der Waals surface area contributed by atoms with Gasteiger partial charge in [0, 0.05) is 12.0 Å². The molecule has 0 radical (unpaired) electrons. The van der Waals surface area contributed by atoms with E-state index >= 15 is 0 Å². The first kappa shape index (κ1) is 26.6. The maximum absolute atomic E-state index is 12.6. The van der Waals surface area contributed by atoms with Crippen molar-refractivity contribution >= 4 is 12.0 Å². The number of esters is 1. The van der Waals surface area contributed by atoms with Crippen molar-refractivity contribution < 1.29 is 35.1 Å². The largest absolute Gasteiger partial charge is 0.456 e. The lowest BCUT2D eigenvalue weighted by molar-refractivity contribution is -0.325. The van der Waals surface area contributed by atoms with Crippen LogP contribution in [0, 0.1) is 16.7 Å². The highest BCUT2D eigenvalue weighted by atomic mass is 16.6. The van der Waals surface area contributed by atoms with E-state index in [-0.39, 0.29) is 25.7 Å². The molecule has 4 aliphatic carbocycles. The summed E-state index contributed by atoms with van der Waals surface area (Å²) in [4.78, 5) is 12.6. The molecule has 5 N–H and O–H groups in total. The van der Waals surface area contributed by atoms with E-state index in [2.05, 4.69) is 6.92 Å². The highest BCUT2D eigenvalue weighted by Gasteiger charge is 2.80. The Morgan fingerprint density at radius 2 is 1.78 bits per heavy atom. The number of hydrogen-bond donors (Lipinski definition) is 5. The van der Waals surface area contributed by atoms with Crippen LogP contribution in [-0.2, 0) is 9.53 Å². The van der Waals surface area contributed by atoms with Crippen LogP contribution in [0.3, 0.4) is 0 Å². The number of hydrogen-bond acceptors (Lipinski definition) is 7. The van der Waals surface area contributed by atoms with Crippen LogP contribution in [0.4, 0.5) is 0 Å². The minimum atomic E-state index is -1.81. The Kier molecular flexibility index (Phi) is 6.28. The number of aliphatic hydroxyl groups excluding tert-OH is 2. The summed E-state index contributed by atoms with van der Waals surface area (Å²) in [6, 6.07) is 9.30. The molecule has 37 heavy (non-hydrogen) atoms. The number of fused-ring (bicyclic) bond motifs is 5. The van der Waals surface area contributed by atoms with Gasteiger partial charge in [-0.25, -0.2) is 4.79 Å². The summed E-state index contributed by atoms with van der Waals surface area (Å²) in [6.45, 7) is 5.26. The maximum Gasteiger partial charge on any atom is 0.331 e. The topological polar surface area (TPSA) is 127 Å². The minimum Gasteiger partial charge on any atom is -0.456 e. The number of carbonyl (C=O) groups is 1. The molecule has 0 bridgehead atoms. The van der Waals surface area contributed by atoms with Crippen molar-refractivity contribution in [1.29, 1.82) is 0 Å². The highest BCUT2D eigenvalue weighted by molar-refractivity contribution is 5.87. The Labute approximate surface area is 218 Å². The van der Waals surface area contributed by atoms with E-state index in [9.17, 15) is 30.3 Å². The molecular formula is C30H40O7. The zero-order chi connectivity index (χ0) is 26.9. The van der Waals surface area contributed by atoms with Gasteiger partial charge in [0.15, 0.2) is 0 Å². The van der Waals surface area contributed by atoms with E-state index in [1.165, 1.54) is 6.08 Å². The highest BCUT2D eigenvalue weighted by Crippen LogP contribution is 2.70. The van der Waals surface area contributed by atoms with Gasteiger partial charge in [-0.05, 0) is 68.9 Å². The number of carbonyl (C=O) groups excluding carboxylic acids is 1. The summed E-state index contributed by atoms with van der Waals surface area (Å²) in [6.07, 6.45) is 4.55. The van der Waals surface area contributed by atoms with Crippen molar-refractivity contribution in [2.24, 2.45) is 16.7 Å². The first-order chi connectivity index (χ1) is 17.3. The fourth-order valence-corrected chi connectivity index (χ4v) is 8.39. The van der Waals surface area contributed by atoms with Gasteiger partial charge >= 0.3 is 5.97 Å². The molecule has 0 amide bonds. The standard InChI is InChI=1S/C30H40O7/c1-19(37-25(33)10-9-20-7-5-4-6-8-20)28(34)15-16-30(36)27(28,3)24(32)18-23-26(2)13-12-22(31)17-21(26)11-14-29(23,30)35/h4-11,19,22-24,31-32,34-36H,12-18H2,1-3H3. The van der Waals surface area contributed by atoms with Gasteiger partial charge in [0.1, 0.15) is 22.9 Å². The molecule has 1 aromatic rings. The third-order valence-corrected chi connectivity index (χ3v) is 10.8. The molecule has 0 spiro atoms. The van der Waals surface area contributed by atoms with E-state index in [1.54, 1.807) is 19.9 Å². The first-order valence-electron chi connectivity index (χ1n) is 13.5. The zero-order valence-electron chi connectivity index (χ0n) is 21.9. The van der Waals surface area contributed by atoms with Gasteiger partial charge in [-0.2, -0.15) is 0 Å². The summed E-state index contributed by atoms with van der Waals surface area (Å²) in [5, 5.41) is 58.5. The van der Waals surface area contributed by atoms with E-state index in [0.29, 0.717) is 19.3 Å². The van der Waals surface area contributed by atoms with E-state index in [4.69, 9.17) is 4.74 Å². The van der Waals surface area contributed by atoms with E-state index in [1.807, 2.05) is 36.4 Å². The normalized spacial score (nSPS) is 45.9. The predicted molar refractivity (Wildman–Crippen MR) is 138 cm³/mol. The summed E-state index contributed by atoms with van der Waals surface area (Å²) < 4.78 is 5.63. The molecule has 7 heteroatoms. The monoisotopic (exact) mass is 512 g/mol. The number of ether oxygens (including phenoxy) is 1. The van der Waals surface area contributed by atoms with Gasteiger partial charge in [0.05, 0.1) is 17.6 Å². The van der Waals surface area contributed by atoms with Gasteiger partial charge in [-0.15, -0.1) is 0 Å². The van der Waals surface area contributed by atoms with Crippen molar-refractivity contribution in [2.75, 3.05) is 0 Å². The lowest BCUT2D eigenvalue weighted by atomic mass is 9.42. The second-order valence-electron chi connectivity index (χ2n) is 12.3. The lowest BCUT2D eigenvalue weighted by Gasteiger charge is -2.67. The smallest absolute Gasteiger partial charge is 0.331 e. The van der Waals surface area contributed by atoms with Crippen LogP contribution in [0.2, 0.25) is 0 Å². The molecule has 3 fully saturated rings. The molecule has 0 aromatic heterocycles. The molecule has 7 nitrogen and oxygen atoms in total. The van der Waals surface area contributed by atoms with Crippen molar-refractivity contribution in [2.45, 2.75) is 101 Å². The molecular weight excluding hydrogens is 472 g/mol. The third-order valence-electron chi connectivity index (χ3n) is 10.8. The SMILES string of the molecule is CC(OC(=O)C=Cc1ccccc1)C1(O)CCC2(O)C3(O)CC=C4CC(O)CCC4(C)C3CC(O)C12C. The minimum absolute atomic E-state index is 0.0632. The number of benzene rings is 1. The molecule has 3 saturated carbocycles. The summed E-state index contributed by atoms with van der Waals surface area (Å²) in [5.41, 5.74) is -5.25. The van der Waals surface area contributed by atoms with Crippen LogP contribution in [0.15, 0.2) is 48.1 Å². The van der Waals surface area contributed by atoms with E-state index < -0.39 is 57.8 Å². The van der Waals surface area contributed by atoms with Gasteiger partial charge in [-0.3, -0.25) is 0 Å². The molecule has 9 unspecified atom stereocenters. The quantitative estimate of drug-likeness (QED) is 0.238. The second-order valence-corrected chi connectivity index (χ2v) is 12.3. The molecule has 1 aromatic carbocycles. The van der Waals surface area contributed by atoms with Crippen molar-refractivity contribution in [3.63, 3.8) is 0 Å². The number of aliphatic hydroxyl groups is 5. The summed E-state index contributed by atoms with van der Waals surface area (Å²) >= 11 is 0. The van der Waals surface area contributed by atoms with Gasteiger partial charge < -0.3 is 30.3 Å². The Bertz CT molecular complexity index is 1120. The molecule has 0 aliphatic heterocycles. The molecule has 4 aliphatic rings. The predicted octanol–water partition coefficient (Wildman–Crippen LogP) is 2.89. The Balaban J connectivity index is 1.44. The van der Waals surface area contributed by atoms with Gasteiger partial charge in [0.2, 0.25) is 0 Å². The van der Waals surface area contributed by atoms with Crippen LogP contribution >= 0.6 is 0 Å².